The first kappa shape index (κ1) is 10.2. The van der Waals surface area contributed by atoms with Crippen LogP contribution in [0.3, 0.4) is 0 Å². The third-order valence-corrected chi connectivity index (χ3v) is 4.88. The molecule has 0 bridgehead atoms. The summed E-state index contributed by atoms with van der Waals surface area (Å²) in [5.74, 6) is 0.898. The molecule has 1 aliphatic carbocycles. The van der Waals surface area contributed by atoms with E-state index in [1.165, 1.54) is 38.1 Å². The maximum atomic E-state index is 5.32. The Morgan fingerprint density at radius 2 is 1.67 bits per heavy atom. The highest BCUT2D eigenvalue weighted by Crippen LogP contribution is 2.27. The maximum Gasteiger partial charge on any atom is 0.321 e. The summed E-state index contributed by atoms with van der Waals surface area (Å²) in [6, 6.07) is 1.22. The Labute approximate surface area is 77.1 Å². The Hall–Kier alpha value is 0.137. The summed E-state index contributed by atoms with van der Waals surface area (Å²) >= 11 is 0. The summed E-state index contributed by atoms with van der Waals surface area (Å²) in [4.78, 5) is 0. The van der Waals surface area contributed by atoms with Crippen molar-refractivity contribution in [1.29, 1.82) is 0 Å². The van der Waals surface area contributed by atoms with Crippen LogP contribution < -0.4 is 0 Å². The van der Waals surface area contributed by atoms with E-state index >= 15 is 0 Å². The van der Waals surface area contributed by atoms with E-state index in [9.17, 15) is 0 Å². The van der Waals surface area contributed by atoms with Gasteiger partial charge in [0.25, 0.3) is 0 Å². The Balaban J connectivity index is 2.18. The molecule has 72 valence electrons. The molecule has 1 aliphatic rings. The predicted octanol–water partition coefficient (Wildman–Crippen LogP) is 2.08. The molecule has 0 aromatic heterocycles. The van der Waals surface area contributed by atoms with Gasteiger partial charge >= 0.3 is 9.28 Å². The van der Waals surface area contributed by atoms with Crippen LogP contribution in [0.4, 0.5) is 0 Å². The molecule has 0 N–H and O–H groups in total. The van der Waals surface area contributed by atoms with E-state index in [0.717, 1.165) is 5.92 Å². The summed E-state index contributed by atoms with van der Waals surface area (Å²) in [5, 5.41) is 0. The van der Waals surface area contributed by atoms with E-state index in [0.29, 0.717) is 0 Å². The van der Waals surface area contributed by atoms with Crippen molar-refractivity contribution in [1.82, 2.24) is 0 Å². The van der Waals surface area contributed by atoms with E-state index in [1.54, 1.807) is 14.2 Å². The van der Waals surface area contributed by atoms with Gasteiger partial charge in [-0.3, -0.25) is 0 Å². The van der Waals surface area contributed by atoms with E-state index in [2.05, 4.69) is 0 Å². The van der Waals surface area contributed by atoms with Crippen molar-refractivity contribution >= 4 is 9.28 Å². The van der Waals surface area contributed by atoms with Gasteiger partial charge in [-0.2, -0.15) is 0 Å². The van der Waals surface area contributed by atoms with E-state index < -0.39 is 9.28 Å². The minimum absolute atomic E-state index is 0.898. The number of hydrogen-bond acceptors (Lipinski definition) is 2. The molecule has 1 rings (SSSR count). The molecule has 0 radical (unpaired) electrons. The average Bonchev–Trinajstić information content (AvgIpc) is 2.16. The molecule has 0 spiro atoms. The van der Waals surface area contributed by atoms with Crippen LogP contribution in [0.2, 0.25) is 6.04 Å². The maximum absolute atomic E-state index is 5.32. The van der Waals surface area contributed by atoms with Gasteiger partial charge in [-0.15, -0.1) is 0 Å². The summed E-state index contributed by atoms with van der Waals surface area (Å²) < 4.78 is 10.6. The largest absolute Gasteiger partial charge is 0.400 e. The second-order valence-electron chi connectivity index (χ2n) is 3.64. The van der Waals surface area contributed by atoms with E-state index in [-0.39, 0.29) is 0 Å². The monoisotopic (exact) mass is 188 g/mol. The highest BCUT2D eigenvalue weighted by Gasteiger charge is 2.20. The molecule has 0 aliphatic heterocycles. The fourth-order valence-corrected chi connectivity index (χ4v) is 3.58. The molecule has 0 aromatic rings. The van der Waals surface area contributed by atoms with E-state index in [4.69, 9.17) is 8.85 Å². The minimum atomic E-state index is -1.27. The van der Waals surface area contributed by atoms with Gasteiger partial charge in [0.1, 0.15) is 0 Å². The van der Waals surface area contributed by atoms with Gasteiger partial charge in [0.2, 0.25) is 0 Å². The van der Waals surface area contributed by atoms with Crippen LogP contribution >= 0.6 is 0 Å². The highest BCUT2D eigenvalue weighted by atomic mass is 28.3. The topological polar surface area (TPSA) is 18.5 Å². The standard InChI is InChI=1S/C9H20O2Si/c1-10-12(11-2)8-9-6-4-3-5-7-9/h9,12H,3-8H2,1-2H3. The zero-order valence-corrected chi connectivity index (χ0v) is 9.37. The summed E-state index contributed by atoms with van der Waals surface area (Å²) in [6.07, 6.45) is 7.06. The van der Waals surface area contributed by atoms with Crippen LogP contribution in [0.5, 0.6) is 0 Å². The lowest BCUT2D eigenvalue weighted by Gasteiger charge is -2.23. The molecular weight excluding hydrogens is 168 g/mol. The lowest BCUT2D eigenvalue weighted by Crippen LogP contribution is -2.23. The molecule has 0 heterocycles. The Bertz CT molecular complexity index is 109. The van der Waals surface area contributed by atoms with E-state index in [1.807, 2.05) is 0 Å². The Morgan fingerprint density at radius 3 is 2.17 bits per heavy atom. The first-order valence-electron chi connectivity index (χ1n) is 4.92. The van der Waals surface area contributed by atoms with Crippen LogP contribution in [-0.2, 0) is 8.85 Å². The van der Waals surface area contributed by atoms with Gasteiger partial charge in [-0.1, -0.05) is 32.1 Å². The van der Waals surface area contributed by atoms with Crippen LogP contribution in [0, 0.1) is 5.92 Å². The van der Waals surface area contributed by atoms with Crippen LogP contribution in [0.25, 0.3) is 0 Å². The van der Waals surface area contributed by atoms with Crippen LogP contribution in [-0.4, -0.2) is 23.5 Å². The van der Waals surface area contributed by atoms with Gasteiger partial charge in [0.15, 0.2) is 0 Å². The Morgan fingerprint density at radius 1 is 1.08 bits per heavy atom. The van der Waals surface area contributed by atoms with Crippen molar-refractivity contribution in [2.75, 3.05) is 14.2 Å². The summed E-state index contributed by atoms with van der Waals surface area (Å²) in [7, 11) is 2.30. The highest BCUT2D eigenvalue weighted by molar-refractivity contribution is 6.44. The molecule has 0 saturated heterocycles. The molecule has 2 nitrogen and oxygen atoms in total. The third kappa shape index (κ3) is 3.25. The number of hydrogen-bond donors (Lipinski definition) is 0. The second-order valence-corrected chi connectivity index (χ2v) is 5.91. The fraction of sp³-hybridized carbons (Fsp3) is 1.00. The zero-order valence-electron chi connectivity index (χ0n) is 8.21. The second kappa shape index (κ2) is 5.73. The van der Waals surface area contributed by atoms with Crippen LogP contribution in [0.15, 0.2) is 0 Å². The van der Waals surface area contributed by atoms with Gasteiger partial charge in [-0.25, -0.2) is 0 Å². The first-order chi connectivity index (χ1) is 5.86. The SMILES string of the molecule is CO[SiH](CC1CCCCC1)OC. The minimum Gasteiger partial charge on any atom is -0.400 e. The lowest BCUT2D eigenvalue weighted by molar-refractivity contribution is 0.259. The quantitative estimate of drug-likeness (QED) is 0.629. The zero-order chi connectivity index (χ0) is 8.81. The lowest BCUT2D eigenvalue weighted by atomic mass is 9.91. The van der Waals surface area contributed by atoms with Gasteiger partial charge in [0.05, 0.1) is 0 Å². The number of rotatable bonds is 4. The third-order valence-electron chi connectivity index (χ3n) is 2.78. The summed E-state index contributed by atoms with van der Waals surface area (Å²) in [5.41, 5.74) is 0. The van der Waals surface area contributed by atoms with Crippen LogP contribution in [0.1, 0.15) is 32.1 Å². The molecular formula is C9H20O2Si. The molecule has 3 heteroatoms. The van der Waals surface area contributed by atoms with Crippen molar-refractivity contribution in [3.63, 3.8) is 0 Å². The molecule has 12 heavy (non-hydrogen) atoms. The Kier molecular flexibility index (Phi) is 4.88. The van der Waals surface area contributed by atoms with Crippen molar-refractivity contribution in [2.45, 2.75) is 38.1 Å². The predicted molar refractivity (Wildman–Crippen MR) is 52.5 cm³/mol. The van der Waals surface area contributed by atoms with Crippen molar-refractivity contribution in [2.24, 2.45) is 5.92 Å². The molecule has 0 unspecified atom stereocenters. The van der Waals surface area contributed by atoms with Crippen molar-refractivity contribution in [3.8, 4) is 0 Å². The van der Waals surface area contributed by atoms with Gasteiger partial charge < -0.3 is 8.85 Å². The fourth-order valence-electron chi connectivity index (χ4n) is 1.98. The van der Waals surface area contributed by atoms with Crippen molar-refractivity contribution in [3.05, 3.63) is 0 Å². The molecule has 0 amide bonds. The average molecular weight is 188 g/mol. The smallest absolute Gasteiger partial charge is 0.321 e. The molecule has 0 atom stereocenters. The molecule has 0 aromatic carbocycles. The van der Waals surface area contributed by atoms with Crippen molar-refractivity contribution < 1.29 is 8.85 Å². The molecule has 1 saturated carbocycles. The summed E-state index contributed by atoms with van der Waals surface area (Å²) in [6.45, 7) is 0. The first-order valence-corrected chi connectivity index (χ1v) is 6.68. The van der Waals surface area contributed by atoms with Gasteiger partial charge in [-0.05, 0) is 12.0 Å². The normalized spacial score (nSPS) is 20.2. The molecule has 1 fully saturated rings. The van der Waals surface area contributed by atoms with Gasteiger partial charge in [0, 0.05) is 14.2 Å².